The molecule has 0 aromatic carbocycles. The van der Waals surface area contributed by atoms with Gasteiger partial charge in [0, 0.05) is 13.7 Å². The minimum absolute atomic E-state index is 0.0780. The Morgan fingerprint density at radius 3 is 2.71 bits per heavy atom. The fourth-order valence-corrected chi connectivity index (χ4v) is 2.49. The summed E-state index contributed by atoms with van der Waals surface area (Å²) in [5, 5.41) is 9.42. The van der Waals surface area contributed by atoms with Gasteiger partial charge in [-0.05, 0) is 19.3 Å². The minimum atomic E-state index is -0.475. The fourth-order valence-electron chi connectivity index (χ4n) is 2.49. The molecule has 0 bridgehead atoms. The zero-order valence-corrected chi connectivity index (χ0v) is 8.53. The first-order chi connectivity index (χ1) is 6.68. The molecular weight excluding hydrogens is 182 g/mol. The molecule has 1 heterocycles. The van der Waals surface area contributed by atoms with E-state index in [0.29, 0.717) is 13.2 Å². The molecule has 2 fully saturated rings. The molecule has 1 N–H and O–H groups in total. The van der Waals surface area contributed by atoms with E-state index in [1.54, 1.807) is 7.11 Å². The molecule has 2 aliphatic rings. The van der Waals surface area contributed by atoms with E-state index in [1.165, 1.54) is 0 Å². The number of β-amino-alcohol motifs (C(OH)–C–C–N with tert-alkyl or cyclic N) is 1. The molecule has 0 aromatic heterocycles. The first-order valence-electron chi connectivity index (χ1n) is 5.15. The lowest BCUT2D eigenvalue weighted by Crippen LogP contribution is -2.57. The molecule has 1 saturated carbocycles. The standard InChI is InChI=1S/C10H17NO3/c1-14-7-10(3-2-4-10)11-6-8(12)5-9(11)13/h8,12H,2-7H2,1H3. The van der Waals surface area contributed by atoms with Crippen LogP contribution in [-0.2, 0) is 9.53 Å². The Hall–Kier alpha value is -0.610. The third-order valence-electron chi connectivity index (χ3n) is 3.37. The molecule has 0 radical (unpaired) electrons. The molecular formula is C10H17NO3. The van der Waals surface area contributed by atoms with Crippen molar-refractivity contribution in [2.75, 3.05) is 20.3 Å². The van der Waals surface area contributed by atoms with Crippen molar-refractivity contribution in [2.24, 2.45) is 0 Å². The van der Waals surface area contributed by atoms with Crippen LogP contribution in [0.3, 0.4) is 0 Å². The van der Waals surface area contributed by atoms with Crippen LogP contribution in [-0.4, -0.2) is 47.8 Å². The molecule has 1 aliphatic heterocycles. The second-order valence-electron chi connectivity index (χ2n) is 4.37. The maximum atomic E-state index is 11.6. The first-order valence-corrected chi connectivity index (χ1v) is 5.15. The Labute approximate surface area is 83.8 Å². The Balaban J connectivity index is 2.08. The monoisotopic (exact) mass is 199 g/mol. The smallest absolute Gasteiger partial charge is 0.225 e. The molecule has 1 unspecified atom stereocenters. The third kappa shape index (κ3) is 1.42. The summed E-state index contributed by atoms with van der Waals surface area (Å²) in [5.41, 5.74) is -0.0939. The van der Waals surface area contributed by atoms with Gasteiger partial charge in [-0.25, -0.2) is 0 Å². The Bertz CT molecular complexity index is 238. The lowest BCUT2D eigenvalue weighted by Gasteiger charge is -2.48. The van der Waals surface area contributed by atoms with Gasteiger partial charge in [0.1, 0.15) is 0 Å². The van der Waals surface area contributed by atoms with Crippen molar-refractivity contribution in [2.45, 2.75) is 37.3 Å². The molecule has 4 heteroatoms. The van der Waals surface area contributed by atoms with Crippen LogP contribution in [0.5, 0.6) is 0 Å². The van der Waals surface area contributed by atoms with Crippen molar-refractivity contribution in [1.82, 2.24) is 4.90 Å². The van der Waals surface area contributed by atoms with Gasteiger partial charge in [0.25, 0.3) is 0 Å². The molecule has 1 atom stereocenters. The Morgan fingerprint density at radius 2 is 2.36 bits per heavy atom. The number of nitrogens with zero attached hydrogens (tertiary/aromatic N) is 1. The van der Waals surface area contributed by atoms with Gasteiger partial charge in [-0.15, -0.1) is 0 Å². The number of carbonyl (C=O) groups is 1. The average Bonchev–Trinajstić information content (AvgIpc) is 2.38. The summed E-state index contributed by atoms with van der Waals surface area (Å²) in [6, 6.07) is 0. The highest BCUT2D eigenvalue weighted by Crippen LogP contribution is 2.40. The van der Waals surface area contributed by atoms with Gasteiger partial charge < -0.3 is 14.7 Å². The average molecular weight is 199 g/mol. The zero-order valence-electron chi connectivity index (χ0n) is 8.53. The van der Waals surface area contributed by atoms with E-state index >= 15 is 0 Å². The molecule has 1 amide bonds. The normalized spacial score (nSPS) is 30.6. The number of amides is 1. The molecule has 14 heavy (non-hydrogen) atoms. The van der Waals surface area contributed by atoms with Gasteiger partial charge in [0.05, 0.1) is 24.7 Å². The van der Waals surface area contributed by atoms with Crippen LogP contribution in [0.15, 0.2) is 0 Å². The molecule has 0 aromatic rings. The van der Waals surface area contributed by atoms with Crippen molar-refractivity contribution in [1.29, 1.82) is 0 Å². The van der Waals surface area contributed by atoms with Gasteiger partial charge in [0.15, 0.2) is 0 Å². The fraction of sp³-hybridized carbons (Fsp3) is 0.900. The van der Waals surface area contributed by atoms with E-state index in [1.807, 2.05) is 4.90 Å². The van der Waals surface area contributed by atoms with Gasteiger partial charge >= 0.3 is 0 Å². The topological polar surface area (TPSA) is 49.8 Å². The number of aliphatic hydroxyl groups excluding tert-OH is 1. The molecule has 80 valence electrons. The third-order valence-corrected chi connectivity index (χ3v) is 3.37. The van der Waals surface area contributed by atoms with Gasteiger partial charge in [-0.3, -0.25) is 4.79 Å². The van der Waals surface area contributed by atoms with Crippen LogP contribution >= 0.6 is 0 Å². The van der Waals surface area contributed by atoms with Gasteiger partial charge in [-0.1, -0.05) is 0 Å². The number of likely N-dealkylation sites (tertiary alicyclic amines) is 1. The summed E-state index contributed by atoms with van der Waals surface area (Å²) in [5.74, 6) is 0.0780. The quantitative estimate of drug-likeness (QED) is 0.704. The van der Waals surface area contributed by atoms with Gasteiger partial charge in [-0.2, -0.15) is 0 Å². The van der Waals surface area contributed by atoms with Crippen LogP contribution in [0.2, 0.25) is 0 Å². The first kappa shape index (κ1) is 9.93. The lowest BCUT2D eigenvalue weighted by molar-refractivity contribution is -0.140. The largest absolute Gasteiger partial charge is 0.391 e. The maximum Gasteiger partial charge on any atom is 0.225 e. The number of ether oxygens (including phenoxy) is 1. The second-order valence-corrected chi connectivity index (χ2v) is 4.37. The molecule has 2 rings (SSSR count). The molecule has 4 nitrogen and oxygen atoms in total. The summed E-state index contributed by atoms with van der Waals surface area (Å²) in [6.45, 7) is 1.09. The summed E-state index contributed by atoms with van der Waals surface area (Å²) in [4.78, 5) is 13.4. The molecule has 1 aliphatic carbocycles. The second kappa shape index (κ2) is 3.51. The number of rotatable bonds is 3. The predicted octanol–water partition coefficient (Wildman–Crippen LogP) is 0.149. The van der Waals surface area contributed by atoms with E-state index < -0.39 is 6.10 Å². The van der Waals surface area contributed by atoms with E-state index in [-0.39, 0.29) is 17.9 Å². The highest BCUT2D eigenvalue weighted by atomic mass is 16.5. The van der Waals surface area contributed by atoms with E-state index in [9.17, 15) is 9.90 Å². The van der Waals surface area contributed by atoms with Crippen molar-refractivity contribution < 1.29 is 14.6 Å². The van der Waals surface area contributed by atoms with Crippen molar-refractivity contribution >= 4 is 5.91 Å². The SMILES string of the molecule is COCC1(N2CC(O)CC2=O)CCC1. The highest BCUT2D eigenvalue weighted by Gasteiger charge is 2.48. The summed E-state index contributed by atoms with van der Waals surface area (Å²) < 4.78 is 5.17. The minimum Gasteiger partial charge on any atom is -0.391 e. The molecule has 1 saturated heterocycles. The van der Waals surface area contributed by atoms with Crippen LogP contribution in [0.1, 0.15) is 25.7 Å². The summed E-state index contributed by atoms with van der Waals surface area (Å²) >= 11 is 0. The van der Waals surface area contributed by atoms with Crippen LogP contribution in [0.25, 0.3) is 0 Å². The van der Waals surface area contributed by atoms with Crippen LogP contribution < -0.4 is 0 Å². The maximum absolute atomic E-state index is 11.6. The predicted molar refractivity (Wildman–Crippen MR) is 50.8 cm³/mol. The van der Waals surface area contributed by atoms with Crippen LogP contribution in [0, 0.1) is 0 Å². The number of methoxy groups -OCH3 is 1. The van der Waals surface area contributed by atoms with E-state index in [2.05, 4.69) is 0 Å². The Morgan fingerprint density at radius 1 is 1.64 bits per heavy atom. The Kier molecular flexibility index (Phi) is 2.49. The number of aliphatic hydroxyl groups is 1. The van der Waals surface area contributed by atoms with Gasteiger partial charge in [0.2, 0.25) is 5.91 Å². The number of hydrogen-bond donors (Lipinski definition) is 1. The van der Waals surface area contributed by atoms with Crippen LogP contribution in [0.4, 0.5) is 0 Å². The highest BCUT2D eigenvalue weighted by molar-refractivity contribution is 5.80. The van der Waals surface area contributed by atoms with E-state index in [0.717, 1.165) is 19.3 Å². The van der Waals surface area contributed by atoms with Crippen molar-refractivity contribution in [3.05, 3.63) is 0 Å². The van der Waals surface area contributed by atoms with E-state index in [4.69, 9.17) is 4.74 Å². The summed E-state index contributed by atoms with van der Waals surface area (Å²) in [7, 11) is 1.66. The van der Waals surface area contributed by atoms with Crippen molar-refractivity contribution in [3.63, 3.8) is 0 Å². The zero-order chi connectivity index (χ0) is 10.2. The number of hydrogen-bond acceptors (Lipinski definition) is 3. The van der Waals surface area contributed by atoms with Crippen molar-refractivity contribution in [3.8, 4) is 0 Å². The lowest BCUT2D eigenvalue weighted by atomic mass is 9.76. The molecule has 0 spiro atoms. The summed E-state index contributed by atoms with van der Waals surface area (Å²) in [6.07, 6.45) is 2.99. The number of carbonyl (C=O) groups excluding carboxylic acids is 1.